The summed E-state index contributed by atoms with van der Waals surface area (Å²) in [7, 11) is 0. The molecule has 0 aromatic heterocycles. The fourth-order valence-corrected chi connectivity index (χ4v) is 2.54. The van der Waals surface area contributed by atoms with Crippen molar-refractivity contribution in [3.8, 4) is 5.75 Å². The Balaban J connectivity index is 1.85. The van der Waals surface area contributed by atoms with Crippen LogP contribution in [0.25, 0.3) is 6.08 Å². The van der Waals surface area contributed by atoms with Crippen molar-refractivity contribution in [2.75, 3.05) is 6.61 Å². The molecular formula is C20H15ClN2O5. The molecule has 0 radical (unpaired) electrons. The van der Waals surface area contributed by atoms with Crippen molar-refractivity contribution in [1.29, 1.82) is 0 Å². The highest BCUT2D eigenvalue weighted by molar-refractivity contribution is 6.34. The van der Waals surface area contributed by atoms with E-state index < -0.39 is 10.9 Å². The summed E-state index contributed by atoms with van der Waals surface area (Å²) >= 11 is 6.07. The fourth-order valence-electron chi connectivity index (χ4n) is 2.34. The lowest BCUT2D eigenvalue weighted by Gasteiger charge is -2.05. The van der Waals surface area contributed by atoms with E-state index in [4.69, 9.17) is 21.1 Å². The molecule has 0 unspecified atom stereocenters. The molecule has 0 saturated heterocycles. The Labute approximate surface area is 165 Å². The molecule has 2 aromatic carbocycles. The van der Waals surface area contributed by atoms with Crippen molar-refractivity contribution < 1.29 is 19.2 Å². The lowest BCUT2D eigenvalue weighted by Crippen LogP contribution is -2.06. The Morgan fingerprint density at radius 1 is 1.32 bits per heavy atom. The first kappa shape index (κ1) is 19.3. The zero-order chi connectivity index (χ0) is 20.3. The molecule has 8 heteroatoms. The molecule has 0 fully saturated rings. The molecule has 0 amide bonds. The summed E-state index contributed by atoms with van der Waals surface area (Å²) in [6.07, 6.45) is 1.54. The Bertz CT molecular complexity index is 1030. The maximum atomic E-state index is 12.1. The number of nitro benzene ring substituents is 1. The third kappa shape index (κ3) is 4.44. The Morgan fingerprint density at radius 2 is 2.04 bits per heavy atom. The number of ether oxygens (including phenoxy) is 2. The lowest BCUT2D eigenvalue weighted by molar-refractivity contribution is -0.384. The lowest BCUT2D eigenvalue weighted by atomic mass is 10.2. The molecule has 0 N–H and O–H groups in total. The van der Waals surface area contributed by atoms with Gasteiger partial charge in [-0.15, -0.1) is 0 Å². The van der Waals surface area contributed by atoms with Gasteiger partial charge >= 0.3 is 5.97 Å². The molecule has 1 aliphatic heterocycles. The predicted octanol–water partition coefficient (Wildman–Crippen LogP) is 4.55. The highest BCUT2D eigenvalue weighted by atomic mass is 35.5. The molecule has 142 valence electrons. The second kappa shape index (κ2) is 8.06. The number of hydrogen-bond acceptors (Lipinski definition) is 6. The van der Waals surface area contributed by atoms with Crippen LogP contribution < -0.4 is 4.74 Å². The van der Waals surface area contributed by atoms with Crippen LogP contribution in [0.5, 0.6) is 5.75 Å². The van der Waals surface area contributed by atoms with Gasteiger partial charge in [-0.2, -0.15) is 0 Å². The molecule has 0 spiro atoms. The van der Waals surface area contributed by atoms with Crippen LogP contribution in [-0.4, -0.2) is 23.4 Å². The van der Waals surface area contributed by atoms with Gasteiger partial charge in [0, 0.05) is 12.1 Å². The standard InChI is InChI=1S/C20H15ClN2O5/c1-12(2)11-27-15-6-3-13(4-7-15)9-18-20(24)28-19(22-18)16-10-14(23(25)26)5-8-17(16)21/h3-10H,1,11H2,2H3/b18-9+. The summed E-state index contributed by atoms with van der Waals surface area (Å²) in [6.45, 7) is 6.06. The normalized spacial score (nSPS) is 14.6. The third-order valence-corrected chi connectivity index (χ3v) is 4.01. The molecule has 28 heavy (non-hydrogen) atoms. The SMILES string of the molecule is C=C(C)COc1ccc(/C=C2/N=C(c3cc([N+](=O)[O-])ccc3Cl)OC2=O)cc1. The average Bonchev–Trinajstić information content (AvgIpc) is 3.01. The van der Waals surface area contributed by atoms with E-state index >= 15 is 0 Å². The average molecular weight is 399 g/mol. The molecule has 1 aliphatic rings. The summed E-state index contributed by atoms with van der Waals surface area (Å²) in [4.78, 5) is 26.6. The van der Waals surface area contributed by atoms with Crippen molar-refractivity contribution in [1.82, 2.24) is 0 Å². The van der Waals surface area contributed by atoms with Crippen molar-refractivity contribution in [2.45, 2.75) is 6.92 Å². The van der Waals surface area contributed by atoms with Gasteiger partial charge in [-0.1, -0.05) is 30.3 Å². The number of carbonyl (C=O) groups excluding carboxylic acids is 1. The van der Waals surface area contributed by atoms with Crippen LogP contribution in [0.15, 0.2) is 65.3 Å². The number of cyclic esters (lactones) is 1. The number of carbonyl (C=O) groups is 1. The van der Waals surface area contributed by atoms with Crippen LogP contribution in [0.4, 0.5) is 5.69 Å². The molecule has 0 bridgehead atoms. The van der Waals surface area contributed by atoms with Crippen molar-refractivity contribution in [3.05, 3.63) is 86.6 Å². The van der Waals surface area contributed by atoms with Gasteiger partial charge in [-0.05, 0) is 42.3 Å². The molecule has 0 atom stereocenters. The Hall–Kier alpha value is -3.45. The van der Waals surface area contributed by atoms with Gasteiger partial charge in [0.05, 0.1) is 15.5 Å². The van der Waals surface area contributed by atoms with Crippen LogP contribution >= 0.6 is 11.6 Å². The maximum Gasteiger partial charge on any atom is 0.363 e. The van der Waals surface area contributed by atoms with Gasteiger partial charge in [0.2, 0.25) is 5.90 Å². The largest absolute Gasteiger partial charge is 0.489 e. The minimum absolute atomic E-state index is 0.0631. The molecule has 1 heterocycles. The van der Waals surface area contributed by atoms with Gasteiger partial charge in [0.1, 0.15) is 12.4 Å². The van der Waals surface area contributed by atoms with Gasteiger partial charge in [-0.3, -0.25) is 10.1 Å². The predicted molar refractivity (Wildman–Crippen MR) is 105 cm³/mol. The number of hydrogen-bond donors (Lipinski definition) is 0. The van der Waals surface area contributed by atoms with Crippen molar-refractivity contribution in [2.24, 2.45) is 4.99 Å². The number of nitro groups is 1. The molecule has 0 aliphatic carbocycles. The van der Waals surface area contributed by atoms with Crippen LogP contribution in [0.3, 0.4) is 0 Å². The molecule has 3 rings (SSSR count). The first-order valence-corrected chi connectivity index (χ1v) is 8.55. The van der Waals surface area contributed by atoms with Crippen LogP contribution in [0.2, 0.25) is 5.02 Å². The van der Waals surface area contributed by atoms with Crippen LogP contribution in [0, 0.1) is 10.1 Å². The number of non-ortho nitro benzene ring substituents is 1. The van der Waals surface area contributed by atoms with Gasteiger partial charge < -0.3 is 9.47 Å². The first-order chi connectivity index (χ1) is 13.3. The first-order valence-electron chi connectivity index (χ1n) is 8.17. The van der Waals surface area contributed by atoms with E-state index in [1.165, 1.54) is 18.2 Å². The number of halogens is 1. The minimum atomic E-state index is -0.666. The minimum Gasteiger partial charge on any atom is -0.489 e. The Morgan fingerprint density at radius 3 is 2.68 bits per heavy atom. The molecule has 0 saturated carbocycles. The summed E-state index contributed by atoms with van der Waals surface area (Å²) < 4.78 is 10.7. The smallest absolute Gasteiger partial charge is 0.363 e. The second-order valence-electron chi connectivity index (χ2n) is 6.07. The molecule has 2 aromatic rings. The summed E-state index contributed by atoms with van der Waals surface area (Å²) in [5, 5.41) is 11.1. The fraction of sp³-hybridized carbons (Fsp3) is 0.100. The summed E-state index contributed by atoms with van der Waals surface area (Å²) in [6, 6.07) is 10.9. The summed E-state index contributed by atoms with van der Waals surface area (Å²) in [5.74, 6) is -0.0711. The number of benzene rings is 2. The van der Waals surface area contributed by atoms with E-state index in [1.807, 2.05) is 6.92 Å². The maximum absolute atomic E-state index is 12.1. The van der Waals surface area contributed by atoms with E-state index in [1.54, 1.807) is 30.3 Å². The van der Waals surface area contributed by atoms with Crippen LogP contribution in [0.1, 0.15) is 18.1 Å². The van der Waals surface area contributed by atoms with Crippen molar-refractivity contribution >= 4 is 35.2 Å². The van der Waals surface area contributed by atoms with Gasteiger partial charge in [0.25, 0.3) is 5.69 Å². The number of aliphatic imine (C=N–C) groups is 1. The third-order valence-electron chi connectivity index (χ3n) is 3.68. The van der Waals surface area contributed by atoms with Crippen LogP contribution in [-0.2, 0) is 9.53 Å². The number of esters is 1. The van der Waals surface area contributed by atoms with E-state index in [2.05, 4.69) is 11.6 Å². The quantitative estimate of drug-likeness (QED) is 0.234. The van der Waals surface area contributed by atoms with E-state index in [-0.39, 0.29) is 27.9 Å². The molecular weight excluding hydrogens is 384 g/mol. The zero-order valence-electron chi connectivity index (χ0n) is 14.8. The van der Waals surface area contributed by atoms with E-state index in [9.17, 15) is 14.9 Å². The Kier molecular flexibility index (Phi) is 5.56. The highest BCUT2D eigenvalue weighted by Crippen LogP contribution is 2.27. The van der Waals surface area contributed by atoms with Gasteiger partial charge in [-0.25, -0.2) is 9.79 Å². The van der Waals surface area contributed by atoms with Crippen molar-refractivity contribution in [3.63, 3.8) is 0 Å². The summed E-state index contributed by atoms with van der Waals surface area (Å²) in [5.41, 5.74) is 1.68. The monoisotopic (exact) mass is 398 g/mol. The van der Waals surface area contributed by atoms with Gasteiger partial charge in [0.15, 0.2) is 5.70 Å². The van der Waals surface area contributed by atoms with E-state index in [0.29, 0.717) is 17.9 Å². The topological polar surface area (TPSA) is 91.0 Å². The van der Waals surface area contributed by atoms with E-state index in [0.717, 1.165) is 5.57 Å². The zero-order valence-corrected chi connectivity index (χ0v) is 15.6. The highest BCUT2D eigenvalue weighted by Gasteiger charge is 2.27. The second-order valence-corrected chi connectivity index (χ2v) is 6.48. The molecule has 7 nitrogen and oxygen atoms in total. The number of rotatable bonds is 6. The number of nitrogens with zero attached hydrogens (tertiary/aromatic N) is 2.